The molecule has 0 unspecified atom stereocenters. The molecule has 0 bridgehead atoms. The van der Waals surface area contributed by atoms with E-state index >= 15 is 0 Å². The van der Waals surface area contributed by atoms with Crippen LogP contribution in [-0.2, 0) is 11.0 Å². The lowest BCUT2D eigenvalue weighted by molar-refractivity contribution is 0.0796. The minimum absolute atomic E-state index is 0.0950. The normalized spacial score (nSPS) is 16.7. The van der Waals surface area contributed by atoms with Crippen molar-refractivity contribution >= 4 is 17.2 Å². The first kappa shape index (κ1) is 14.7. The first-order chi connectivity index (χ1) is 10.9. The number of rotatable bonds is 3. The van der Waals surface area contributed by atoms with Gasteiger partial charge >= 0.3 is 0 Å². The van der Waals surface area contributed by atoms with Crippen molar-refractivity contribution in [1.82, 2.24) is 14.6 Å². The summed E-state index contributed by atoms with van der Waals surface area (Å²) in [7, 11) is 0. The molecular weight excluding hydrogens is 310 g/mol. The number of aromatic nitrogens is 3. The number of pyridine rings is 1. The van der Waals surface area contributed by atoms with E-state index in [1.165, 1.54) is 5.56 Å². The highest BCUT2D eigenvalue weighted by molar-refractivity contribution is 6.30. The average Bonchev–Trinajstić information content (AvgIpc) is 3.19. The molecule has 1 aromatic carbocycles. The van der Waals surface area contributed by atoms with Crippen LogP contribution in [0.1, 0.15) is 43.6 Å². The van der Waals surface area contributed by atoms with E-state index in [2.05, 4.69) is 22.3 Å². The largest absolute Gasteiger partial charge is 0.386 e. The quantitative estimate of drug-likeness (QED) is 0.798. The summed E-state index contributed by atoms with van der Waals surface area (Å²) in [6.45, 7) is 3.53. The monoisotopic (exact) mass is 327 g/mol. The third-order valence-electron chi connectivity index (χ3n) is 4.67. The highest BCUT2D eigenvalue weighted by atomic mass is 35.5. The van der Waals surface area contributed by atoms with Crippen molar-refractivity contribution < 1.29 is 5.11 Å². The maximum atomic E-state index is 10.4. The maximum Gasteiger partial charge on any atom is 0.166 e. The van der Waals surface area contributed by atoms with Crippen LogP contribution in [0.4, 0.5) is 0 Å². The van der Waals surface area contributed by atoms with E-state index in [9.17, 15) is 5.11 Å². The minimum atomic E-state index is -0.955. The highest BCUT2D eigenvalue weighted by Gasteiger charge is 2.49. The van der Waals surface area contributed by atoms with E-state index in [0.717, 1.165) is 34.9 Å². The molecule has 1 aliphatic carbocycles. The summed E-state index contributed by atoms with van der Waals surface area (Å²) >= 11 is 6.01. The van der Waals surface area contributed by atoms with E-state index in [-0.39, 0.29) is 5.41 Å². The molecule has 0 amide bonds. The molecule has 2 heterocycles. The SMILES string of the molecule is CC(C)(O)c1cccn2c(C3(c4ccc(Cl)cc4)CC3)nnc12. The van der Waals surface area contributed by atoms with Gasteiger partial charge in [0.25, 0.3) is 0 Å². The third kappa shape index (κ3) is 2.25. The Bertz CT molecular complexity index is 873. The summed E-state index contributed by atoms with van der Waals surface area (Å²) in [6.07, 6.45) is 4.06. The van der Waals surface area contributed by atoms with Crippen LogP contribution in [0.15, 0.2) is 42.6 Å². The molecule has 0 aliphatic heterocycles. The Morgan fingerprint density at radius 3 is 2.43 bits per heavy atom. The van der Waals surface area contributed by atoms with Gasteiger partial charge in [-0.15, -0.1) is 10.2 Å². The maximum absolute atomic E-state index is 10.4. The van der Waals surface area contributed by atoms with Crippen molar-refractivity contribution in [3.63, 3.8) is 0 Å². The first-order valence-electron chi connectivity index (χ1n) is 7.75. The Morgan fingerprint density at radius 2 is 1.83 bits per heavy atom. The van der Waals surface area contributed by atoms with Gasteiger partial charge in [0.1, 0.15) is 5.82 Å². The summed E-state index contributed by atoms with van der Waals surface area (Å²) in [6, 6.07) is 11.8. The predicted molar refractivity (Wildman–Crippen MR) is 89.7 cm³/mol. The number of aliphatic hydroxyl groups is 1. The van der Waals surface area contributed by atoms with Crippen LogP contribution in [-0.4, -0.2) is 19.7 Å². The Balaban J connectivity index is 1.89. The topological polar surface area (TPSA) is 50.4 Å². The minimum Gasteiger partial charge on any atom is -0.386 e. The Labute approximate surface area is 139 Å². The lowest BCUT2D eigenvalue weighted by Gasteiger charge is -2.19. The van der Waals surface area contributed by atoms with Gasteiger partial charge in [-0.25, -0.2) is 0 Å². The van der Waals surface area contributed by atoms with Crippen LogP contribution in [0, 0.1) is 0 Å². The van der Waals surface area contributed by atoms with Crippen molar-refractivity contribution in [2.24, 2.45) is 0 Å². The first-order valence-corrected chi connectivity index (χ1v) is 8.13. The third-order valence-corrected chi connectivity index (χ3v) is 4.92. The highest BCUT2D eigenvalue weighted by Crippen LogP contribution is 2.53. The summed E-state index contributed by atoms with van der Waals surface area (Å²) in [4.78, 5) is 0. The van der Waals surface area contributed by atoms with Crippen molar-refractivity contribution in [2.75, 3.05) is 0 Å². The molecule has 2 aromatic heterocycles. The second-order valence-corrected chi connectivity index (χ2v) is 7.22. The molecular formula is C18H18ClN3O. The number of halogens is 1. The number of hydrogen-bond donors (Lipinski definition) is 1. The second kappa shape index (κ2) is 4.79. The van der Waals surface area contributed by atoms with Gasteiger partial charge in [-0.1, -0.05) is 29.8 Å². The summed E-state index contributed by atoms with van der Waals surface area (Å²) in [5.41, 5.74) is 1.66. The van der Waals surface area contributed by atoms with Crippen LogP contribution in [0.2, 0.25) is 5.02 Å². The van der Waals surface area contributed by atoms with Gasteiger partial charge in [0.2, 0.25) is 0 Å². The van der Waals surface area contributed by atoms with Crippen molar-refractivity contribution in [2.45, 2.75) is 37.7 Å². The van der Waals surface area contributed by atoms with E-state index in [4.69, 9.17) is 11.6 Å². The van der Waals surface area contributed by atoms with E-state index < -0.39 is 5.60 Å². The van der Waals surface area contributed by atoms with Crippen molar-refractivity contribution in [3.05, 3.63) is 64.6 Å². The van der Waals surface area contributed by atoms with Gasteiger partial charge in [0, 0.05) is 16.8 Å². The van der Waals surface area contributed by atoms with Gasteiger partial charge < -0.3 is 5.11 Å². The molecule has 0 atom stereocenters. The fourth-order valence-electron chi connectivity index (χ4n) is 3.26. The summed E-state index contributed by atoms with van der Waals surface area (Å²) < 4.78 is 2.01. The lowest BCUT2D eigenvalue weighted by Crippen LogP contribution is -2.18. The molecule has 1 N–H and O–H groups in total. The lowest BCUT2D eigenvalue weighted by atomic mass is 9.95. The molecule has 1 saturated carbocycles. The van der Waals surface area contributed by atoms with Gasteiger partial charge in [0.15, 0.2) is 5.65 Å². The standard InChI is InChI=1S/C18H18ClN3O/c1-17(2,23)14-4-3-11-22-15(14)20-21-16(22)18(9-10-18)12-5-7-13(19)8-6-12/h3-8,11,23H,9-10H2,1-2H3. The Morgan fingerprint density at radius 1 is 1.13 bits per heavy atom. The van der Waals surface area contributed by atoms with Gasteiger partial charge in [-0.2, -0.15) is 0 Å². The smallest absolute Gasteiger partial charge is 0.166 e. The van der Waals surface area contributed by atoms with Crippen molar-refractivity contribution in [1.29, 1.82) is 0 Å². The molecule has 23 heavy (non-hydrogen) atoms. The molecule has 5 heteroatoms. The van der Waals surface area contributed by atoms with Crippen LogP contribution in [0.5, 0.6) is 0 Å². The van der Waals surface area contributed by atoms with E-state index in [1.54, 1.807) is 13.8 Å². The van der Waals surface area contributed by atoms with Crippen LogP contribution >= 0.6 is 11.6 Å². The fourth-order valence-corrected chi connectivity index (χ4v) is 3.38. The Hall–Kier alpha value is -1.91. The zero-order valence-corrected chi connectivity index (χ0v) is 13.9. The van der Waals surface area contributed by atoms with Gasteiger partial charge in [-0.05, 0) is 50.5 Å². The molecule has 0 saturated heterocycles. The number of nitrogens with zero attached hydrogens (tertiary/aromatic N) is 3. The molecule has 0 spiro atoms. The van der Waals surface area contributed by atoms with Crippen LogP contribution < -0.4 is 0 Å². The molecule has 3 aromatic rings. The molecule has 1 aliphatic rings. The van der Waals surface area contributed by atoms with Crippen LogP contribution in [0.3, 0.4) is 0 Å². The van der Waals surface area contributed by atoms with Gasteiger partial charge in [-0.3, -0.25) is 4.40 Å². The number of fused-ring (bicyclic) bond motifs is 1. The number of hydrogen-bond acceptors (Lipinski definition) is 3. The Kier molecular flexibility index (Phi) is 3.06. The summed E-state index contributed by atoms with van der Waals surface area (Å²) in [5, 5.41) is 19.9. The molecule has 4 rings (SSSR count). The summed E-state index contributed by atoms with van der Waals surface area (Å²) in [5.74, 6) is 0.931. The zero-order valence-electron chi connectivity index (χ0n) is 13.1. The number of benzene rings is 1. The van der Waals surface area contributed by atoms with Crippen molar-refractivity contribution in [3.8, 4) is 0 Å². The van der Waals surface area contributed by atoms with Gasteiger partial charge in [0.05, 0.1) is 11.0 Å². The molecule has 0 radical (unpaired) electrons. The van der Waals surface area contributed by atoms with Crippen LogP contribution in [0.25, 0.3) is 5.65 Å². The zero-order chi connectivity index (χ0) is 16.2. The van der Waals surface area contributed by atoms with E-state index in [0.29, 0.717) is 0 Å². The average molecular weight is 328 g/mol. The van der Waals surface area contributed by atoms with E-state index in [1.807, 2.05) is 34.9 Å². The fraction of sp³-hybridized carbons (Fsp3) is 0.333. The predicted octanol–water partition coefficient (Wildman–Crippen LogP) is 3.69. The molecule has 118 valence electrons. The molecule has 1 fully saturated rings. The second-order valence-electron chi connectivity index (χ2n) is 6.79. The molecule has 4 nitrogen and oxygen atoms in total.